The molecule has 100 valence electrons. The Morgan fingerprint density at radius 2 is 2.21 bits per heavy atom. The number of carbonyl (C=O) groups is 2. The summed E-state index contributed by atoms with van der Waals surface area (Å²) in [6, 6.07) is 1.62. The summed E-state index contributed by atoms with van der Waals surface area (Å²) in [5, 5.41) is 9.75. The van der Waals surface area contributed by atoms with Crippen LogP contribution in [0.25, 0.3) is 11.0 Å². The lowest BCUT2D eigenvalue weighted by Crippen LogP contribution is -2.10. The van der Waals surface area contributed by atoms with Gasteiger partial charge < -0.3 is 10.1 Å². The van der Waals surface area contributed by atoms with E-state index in [-0.39, 0.29) is 24.5 Å². The van der Waals surface area contributed by atoms with E-state index in [1.807, 2.05) is 0 Å². The standard InChI is InChI=1S/C13H13ClN2O3/c1-7(5-11(18)19)4-10(17)8-6-16-13-12(8)9(14)2-3-15-13/h2-3,6-7H,4-5H2,1H3,(H,15,16)(H,18,19). The molecule has 2 aromatic heterocycles. The number of carbonyl (C=O) groups excluding carboxylic acids is 1. The Morgan fingerprint density at radius 1 is 1.47 bits per heavy atom. The monoisotopic (exact) mass is 280 g/mol. The van der Waals surface area contributed by atoms with Gasteiger partial charge in [-0.05, 0) is 12.0 Å². The lowest BCUT2D eigenvalue weighted by atomic mass is 9.97. The highest BCUT2D eigenvalue weighted by molar-refractivity contribution is 6.36. The molecule has 1 atom stereocenters. The SMILES string of the molecule is CC(CC(=O)O)CC(=O)c1c[nH]c2nccc(Cl)c12. The molecule has 1 unspecified atom stereocenters. The molecule has 0 radical (unpaired) electrons. The van der Waals surface area contributed by atoms with Gasteiger partial charge in [-0.25, -0.2) is 4.98 Å². The van der Waals surface area contributed by atoms with Crippen LogP contribution in [-0.2, 0) is 4.79 Å². The molecule has 5 nitrogen and oxygen atoms in total. The molecular formula is C13H13ClN2O3. The molecule has 0 fully saturated rings. The second-order valence-electron chi connectivity index (χ2n) is 4.55. The molecule has 0 aliphatic heterocycles. The fourth-order valence-electron chi connectivity index (χ4n) is 2.03. The molecule has 0 amide bonds. The number of fused-ring (bicyclic) bond motifs is 1. The molecule has 0 spiro atoms. The van der Waals surface area contributed by atoms with Crippen molar-refractivity contribution in [1.29, 1.82) is 0 Å². The number of H-pyrrole nitrogens is 1. The van der Waals surface area contributed by atoms with Gasteiger partial charge in [0.15, 0.2) is 5.78 Å². The minimum Gasteiger partial charge on any atom is -0.481 e. The maximum atomic E-state index is 12.2. The molecule has 0 aliphatic carbocycles. The van der Waals surface area contributed by atoms with Crippen molar-refractivity contribution in [2.75, 3.05) is 0 Å². The van der Waals surface area contributed by atoms with Gasteiger partial charge in [-0.1, -0.05) is 18.5 Å². The van der Waals surface area contributed by atoms with Crippen molar-refractivity contribution in [3.05, 3.63) is 29.0 Å². The van der Waals surface area contributed by atoms with E-state index < -0.39 is 5.97 Å². The molecule has 2 N–H and O–H groups in total. The second-order valence-corrected chi connectivity index (χ2v) is 4.96. The fraction of sp³-hybridized carbons (Fsp3) is 0.308. The normalized spacial score (nSPS) is 12.5. The molecular weight excluding hydrogens is 268 g/mol. The van der Waals surface area contributed by atoms with E-state index in [9.17, 15) is 9.59 Å². The smallest absolute Gasteiger partial charge is 0.303 e. The van der Waals surface area contributed by atoms with Gasteiger partial charge in [0.2, 0.25) is 0 Å². The number of aromatic nitrogens is 2. The Bertz CT molecular complexity index is 636. The van der Waals surface area contributed by atoms with Crippen molar-refractivity contribution in [3.63, 3.8) is 0 Å². The van der Waals surface area contributed by atoms with Crippen molar-refractivity contribution in [3.8, 4) is 0 Å². The average molecular weight is 281 g/mol. The van der Waals surface area contributed by atoms with Crippen molar-refractivity contribution < 1.29 is 14.7 Å². The largest absolute Gasteiger partial charge is 0.481 e. The number of ketones is 1. The van der Waals surface area contributed by atoms with Gasteiger partial charge in [0.25, 0.3) is 0 Å². The van der Waals surface area contributed by atoms with Crippen LogP contribution in [0.5, 0.6) is 0 Å². The first kappa shape index (κ1) is 13.5. The van der Waals surface area contributed by atoms with E-state index in [1.54, 1.807) is 25.4 Å². The molecule has 0 aliphatic rings. The molecule has 6 heteroatoms. The van der Waals surface area contributed by atoms with Crippen molar-refractivity contribution in [2.24, 2.45) is 5.92 Å². The third kappa shape index (κ3) is 2.93. The third-order valence-electron chi connectivity index (χ3n) is 2.88. The van der Waals surface area contributed by atoms with Crippen LogP contribution >= 0.6 is 11.6 Å². The number of halogens is 1. The molecule has 19 heavy (non-hydrogen) atoms. The second kappa shape index (κ2) is 5.40. The summed E-state index contributed by atoms with van der Waals surface area (Å²) >= 11 is 6.06. The number of carboxylic acid groups (broad SMARTS) is 1. The summed E-state index contributed by atoms with van der Waals surface area (Å²) in [6.45, 7) is 1.74. The number of Topliss-reactive ketones (excluding diaryl/α,β-unsaturated/α-hetero) is 1. The van der Waals surface area contributed by atoms with Gasteiger partial charge in [-0.2, -0.15) is 0 Å². The molecule has 2 aromatic rings. The molecule has 0 bridgehead atoms. The van der Waals surface area contributed by atoms with E-state index in [0.29, 0.717) is 21.6 Å². The van der Waals surface area contributed by atoms with E-state index in [4.69, 9.17) is 16.7 Å². The number of aliphatic carboxylic acids is 1. The summed E-state index contributed by atoms with van der Waals surface area (Å²) < 4.78 is 0. The third-order valence-corrected chi connectivity index (χ3v) is 3.20. The first-order valence-corrected chi connectivity index (χ1v) is 6.23. The van der Waals surface area contributed by atoms with Gasteiger partial charge in [0, 0.05) is 36.2 Å². The van der Waals surface area contributed by atoms with Crippen molar-refractivity contribution in [2.45, 2.75) is 19.8 Å². The highest BCUT2D eigenvalue weighted by atomic mass is 35.5. The van der Waals surface area contributed by atoms with Crippen LogP contribution in [-0.4, -0.2) is 26.8 Å². The number of hydrogen-bond acceptors (Lipinski definition) is 3. The molecule has 0 aromatic carbocycles. The van der Waals surface area contributed by atoms with Gasteiger partial charge >= 0.3 is 5.97 Å². The predicted molar refractivity (Wildman–Crippen MR) is 71.5 cm³/mol. The number of aromatic amines is 1. The van der Waals surface area contributed by atoms with Crippen LogP contribution in [0.2, 0.25) is 5.02 Å². The number of carboxylic acids is 1. The van der Waals surface area contributed by atoms with Crippen LogP contribution in [0, 0.1) is 5.92 Å². The van der Waals surface area contributed by atoms with E-state index >= 15 is 0 Å². The highest BCUT2D eigenvalue weighted by Gasteiger charge is 2.18. The Kier molecular flexibility index (Phi) is 3.85. The molecule has 0 saturated carbocycles. The topological polar surface area (TPSA) is 83.0 Å². The Morgan fingerprint density at radius 3 is 2.89 bits per heavy atom. The van der Waals surface area contributed by atoms with Crippen molar-refractivity contribution >= 4 is 34.4 Å². The first-order chi connectivity index (χ1) is 8.99. The summed E-state index contributed by atoms with van der Waals surface area (Å²) in [4.78, 5) is 29.7. The highest BCUT2D eigenvalue weighted by Crippen LogP contribution is 2.26. The quantitative estimate of drug-likeness (QED) is 0.825. The average Bonchev–Trinajstić information content (AvgIpc) is 2.72. The van der Waals surface area contributed by atoms with E-state index in [2.05, 4.69) is 9.97 Å². The maximum absolute atomic E-state index is 12.2. The minimum absolute atomic E-state index is 0.0277. The number of nitrogens with one attached hydrogen (secondary N) is 1. The molecule has 2 heterocycles. The van der Waals surface area contributed by atoms with Crippen molar-refractivity contribution in [1.82, 2.24) is 9.97 Å². The molecule has 2 rings (SSSR count). The Hall–Kier alpha value is -1.88. The van der Waals surface area contributed by atoms with Gasteiger partial charge in [0.05, 0.1) is 5.02 Å². The van der Waals surface area contributed by atoms with Crippen LogP contribution < -0.4 is 0 Å². The lowest BCUT2D eigenvalue weighted by molar-refractivity contribution is -0.137. The number of rotatable bonds is 5. The zero-order valence-corrected chi connectivity index (χ0v) is 11.1. The Balaban J connectivity index is 2.25. The zero-order chi connectivity index (χ0) is 14.0. The predicted octanol–water partition coefficient (Wildman–Crippen LogP) is 2.90. The van der Waals surface area contributed by atoms with Gasteiger partial charge in [-0.15, -0.1) is 0 Å². The summed E-state index contributed by atoms with van der Waals surface area (Å²) in [7, 11) is 0. The van der Waals surface area contributed by atoms with Crippen LogP contribution in [0.15, 0.2) is 18.5 Å². The van der Waals surface area contributed by atoms with Gasteiger partial charge in [0.1, 0.15) is 5.65 Å². The fourth-order valence-corrected chi connectivity index (χ4v) is 2.28. The van der Waals surface area contributed by atoms with E-state index in [1.165, 1.54) is 0 Å². The van der Waals surface area contributed by atoms with E-state index in [0.717, 1.165) is 0 Å². The first-order valence-electron chi connectivity index (χ1n) is 5.85. The minimum atomic E-state index is -0.904. The zero-order valence-electron chi connectivity index (χ0n) is 10.3. The number of pyridine rings is 1. The number of nitrogens with zero attached hydrogens (tertiary/aromatic N) is 1. The van der Waals surface area contributed by atoms with Crippen LogP contribution in [0.3, 0.4) is 0 Å². The summed E-state index contributed by atoms with van der Waals surface area (Å²) in [5.41, 5.74) is 1.02. The summed E-state index contributed by atoms with van der Waals surface area (Å²) in [5.74, 6) is -1.25. The summed E-state index contributed by atoms with van der Waals surface area (Å²) in [6.07, 6.45) is 3.27. The lowest BCUT2D eigenvalue weighted by Gasteiger charge is -2.07. The number of hydrogen-bond donors (Lipinski definition) is 2. The molecule has 0 saturated heterocycles. The van der Waals surface area contributed by atoms with Crippen LogP contribution in [0.4, 0.5) is 0 Å². The Labute approximate surface area is 114 Å². The maximum Gasteiger partial charge on any atom is 0.303 e. The van der Waals surface area contributed by atoms with Crippen LogP contribution in [0.1, 0.15) is 30.1 Å². The van der Waals surface area contributed by atoms with Gasteiger partial charge in [-0.3, -0.25) is 9.59 Å².